The summed E-state index contributed by atoms with van der Waals surface area (Å²) < 4.78 is 50.2. The molecule has 4 N–H and O–H groups in total. The summed E-state index contributed by atoms with van der Waals surface area (Å²) >= 11 is 0. The van der Waals surface area contributed by atoms with Crippen LogP contribution in [-0.4, -0.2) is 80.3 Å². The van der Waals surface area contributed by atoms with Crippen LogP contribution in [0.4, 0.5) is 23.8 Å². The van der Waals surface area contributed by atoms with Gasteiger partial charge in [0.25, 0.3) is 5.91 Å². The maximum Gasteiger partial charge on any atom is 0.414 e. The molecule has 47 heavy (non-hydrogen) atoms. The zero-order chi connectivity index (χ0) is 34.7. The maximum atomic E-state index is 15.6. The molecule has 3 amide bonds. The molecule has 13 nitrogen and oxygen atoms in total. The van der Waals surface area contributed by atoms with E-state index in [-0.39, 0.29) is 42.1 Å². The zero-order valence-electron chi connectivity index (χ0n) is 26.1. The van der Waals surface area contributed by atoms with Gasteiger partial charge in [-0.25, -0.2) is 27.7 Å². The van der Waals surface area contributed by atoms with E-state index in [2.05, 4.69) is 10.3 Å². The van der Waals surface area contributed by atoms with E-state index in [0.29, 0.717) is 6.07 Å². The molecular formula is C31H33F3N6O7. The number of carbonyl (C=O) groups is 4. The number of hydrogen-bond donors (Lipinski definition) is 3. The van der Waals surface area contributed by atoms with Gasteiger partial charge < -0.3 is 25.4 Å². The van der Waals surface area contributed by atoms with Gasteiger partial charge in [0.2, 0.25) is 11.3 Å². The molecule has 1 aliphatic heterocycles. The molecule has 1 aliphatic carbocycles. The minimum Gasteiger partial charge on any atom is -0.477 e. The topological polar surface area (TPSA) is 177 Å². The molecule has 2 fully saturated rings. The first-order valence-corrected chi connectivity index (χ1v) is 14.7. The van der Waals surface area contributed by atoms with Crippen molar-refractivity contribution in [1.29, 1.82) is 0 Å². The Bertz CT molecular complexity index is 1860. The minimum absolute atomic E-state index is 0.163. The Kier molecular flexibility index (Phi) is 8.51. The van der Waals surface area contributed by atoms with Crippen LogP contribution in [0.5, 0.6) is 0 Å². The Hall–Kier alpha value is -4.99. The summed E-state index contributed by atoms with van der Waals surface area (Å²) in [5.74, 6) is -6.58. The van der Waals surface area contributed by atoms with E-state index >= 15 is 4.39 Å². The summed E-state index contributed by atoms with van der Waals surface area (Å²) in [5.41, 5.74) is 2.63. The molecule has 0 bridgehead atoms. The molecular weight excluding hydrogens is 625 g/mol. The van der Waals surface area contributed by atoms with Crippen LogP contribution in [0.3, 0.4) is 0 Å². The average Bonchev–Trinajstić information content (AvgIpc) is 3.41. The predicted molar refractivity (Wildman–Crippen MR) is 161 cm³/mol. The fourth-order valence-corrected chi connectivity index (χ4v) is 6.00. The van der Waals surface area contributed by atoms with E-state index in [4.69, 9.17) is 10.5 Å². The number of nitrogens with zero attached hydrogens (tertiary/aromatic N) is 4. The molecule has 2 aliphatic rings. The smallest absolute Gasteiger partial charge is 0.414 e. The minimum atomic E-state index is -1.64. The summed E-state index contributed by atoms with van der Waals surface area (Å²) in [6, 6.07) is 0.809. The second-order valence-corrected chi connectivity index (χ2v) is 12.7. The Morgan fingerprint density at radius 1 is 1.09 bits per heavy atom. The quantitative estimate of drug-likeness (QED) is 0.342. The second-order valence-electron chi connectivity index (χ2n) is 12.7. The van der Waals surface area contributed by atoms with E-state index in [9.17, 15) is 37.9 Å². The Labute approximate surface area is 266 Å². The first kappa shape index (κ1) is 33.4. The Morgan fingerprint density at radius 3 is 2.28 bits per heavy atom. The van der Waals surface area contributed by atoms with Gasteiger partial charge in [-0.05, 0) is 52.8 Å². The standard InChI is InChI=1S/C31H33F3N6O7/c1-13(35)28(43)40(14(2)27(42)37-30(46)47-31(3,4)5)23-17-10-38(11-18(17)23)26-21(34)9-16-24(41)19(29(44)45)12-39(25(16)36-26)22-7-6-15(32)8-20(22)33/h6-9,12-14,17-18,23H,10-11,35H2,1-5H3,(H,44,45)(H,37,42,46)/t13-,14-,17-,18+,23?/m0/s1. The monoisotopic (exact) mass is 658 g/mol. The molecule has 0 spiro atoms. The van der Waals surface area contributed by atoms with Crippen molar-refractivity contribution in [3.05, 3.63) is 63.7 Å². The molecule has 5 rings (SSSR count). The van der Waals surface area contributed by atoms with Crippen LogP contribution in [0.2, 0.25) is 0 Å². The molecule has 3 aromatic rings. The number of nitrogens with one attached hydrogen (secondary N) is 1. The van der Waals surface area contributed by atoms with Crippen LogP contribution >= 0.6 is 0 Å². The van der Waals surface area contributed by atoms with E-state index in [1.807, 2.05) is 0 Å². The van der Waals surface area contributed by atoms with Gasteiger partial charge >= 0.3 is 12.1 Å². The van der Waals surface area contributed by atoms with Crippen LogP contribution in [-0.2, 0) is 14.3 Å². The lowest BCUT2D eigenvalue weighted by Crippen LogP contribution is -2.55. The van der Waals surface area contributed by atoms with Gasteiger partial charge in [-0.15, -0.1) is 0 Å². The fraction of sp³-hybridized carbons (Fsp3) is 0.419. The highest BCUT2D eigenvalue weighted by molar-refractivity contribution is 5.97. The number of piperidine rings is 1. The number of benzene rings is 1. The number of fused-ring (bicyclic) bond motifs is 2. The van der Waals surface area contributed by atoms with Crippen LogP contribution in [0.1, 0.15) is 45.0 Å². The highest BCUT2D eigenvalue weighted by Crippen LogP contribution is 2.51. The van der Waals surface area contributed by atoms with E-state index in [0.717, 1.165) is 29.0 Å². The maximum absolute atomic E-state index is 15.6. The summed E-state index contributed by atoms with van der Waals surface area (Å²) in [4.78, 5) is 70.3. The fourth-order valence-electron chi connectivity index (χ4n) is 6.00. The van der Waals surface area contributed by atoms with Gasteiger partial charge in [0.15, 0.2) is 17.3 Å². The van der Waals surface area contributed by atoms with E-state index in [1.165, 1.54) is 18.7 Å². The predicted octanol–water partition coefficient (Wildman–Crippen LogP) is 2.55. The van der Waals surface area contributed by atoms with Crippen molar-refractivity contribution >= 4 is 40.7 Å². The molecule has 16 heteroatoms. The number of pyridine rings is 2. The van der Waals surface area contributed by atoms with E-state index in [1.54, 1.807) is 25.7 Å². The molecule has 250 valence electrons. The lowest BCUT2D eigenvalue weighted by atomic mass is 10.1. The van der Waals surface area contributed by atoms with Crippen molar-refractivity contribution in [2.45, 2.75) is 58.3 Å². The van der Waals surface area contributed by atoms with Gasteiger partial charge in [0.1, 0.15) is 28.8 Å². The average molecular weight is 659 g/mol. The van der Waals surface area contributed by atoms with Gasteiger partial charge in [-0.2, -0.15) is 0 Å². The second kappa shape index (κ2) is 12.0. The summed E-state index contributed by atoms with van der Waals surface area (Å²) in [5, 5.41) is 11.3. The molecule has 1 unspecified atom stereocenters. The number of carbonyl (C=O) groups excluding carboxylic acids is 3. The number of amides is 3. The molecule has 2 aromatic heterocycles. The summed E-state index contributed by atoms with van der Waals surface area (Å²) in [6.07, 6.45) is -0.131. The number of anilines is 1. The third kappa shape index (κ3) is 6.37. The van der Waals surface area contributed by atoms with Crippen LogP contribution in [0.25, 0.3) is 16.7 Å². The number of alkyl carbamates (subject to hydrolysis) is 1. The number of carboxylic acid groups (broad SMARTS) is 1. The third-order valence-electron chi connectivity index (χ3n) is 8.15. The van der Waals surface area contributed by atoms with E-state index < -0.39 is 81.4 Å². The summed E-state index contributed by atoms with van der Waals surface area (Å²) in [6.45, 7) is 8.13. The highest BCUT2D eigenvalue weighted by Gasteiger charge is 2.61. The molecule has 5 atom stereocenters. The molecule has 0 radical (unpaired) electrons. The third-order valence-corrected chi connectivity index (χ3v) is 8.15. The first-order valence-electron chi connectivity index (χ1n) is 14.7. The van der Waals surface area contributed by atoms with Crippen molar-refractivity contribution in [3.63, 3.8) is 0 Å². The Balaban J connectivity index is 1.45. The van der Waals surface area contributed by atoms with Crippen molar-refractivity contribution in [3.8, 4) is 5.69 Å². The van der Waals surface area contributed by atoms with Gasteiger partial charge in [0.05, 0.1) is 17.1 Å². The number of carboxylic acids is 1. The lowest BCUT2D eigenvalue weighted by Gasteiger charge is -2.33. The highest BCUT2D eigenvalue weighted by atomic mass is 19.1. The van der Waals surface area contributed by atoms with Crippen molar-refractivity contribution in [1.82, 2.24) is 19.8 Å². The van der Waals surface area contributed by atoms with Crippen molar-refractivity contribution in [2.24, 2.45) is 17.6 Å². The SMILES string of the molecule is C[C@H](N)C(=O)N(C1[C@H]2CN(c3nc4c(cc3F)c(=O)c(C(=O)O)cn4-c3ccc(F)cc3F)C[C@@H]12)[C@@H](C)C(=O)NC(=O)OC(C)(C)C. The zero-order valence-corrected chi connectivity index (χ0v) is 26.1. The number of halogens is 3. The summed E-state index contributed by atoms with van der Waals surface area (Å²) in [7, 11) is 0. The number of hydrogen-bond acceptors (Lipinski definition) is 9. The van der Waals surface area contributed by atoms with Gasteiger partial charge in [0, 0.05) is 43.2 Å². The van der Waals surface area contributed by atoms with Crippen molar-refractivity contribution in [2.75, 3.05) is 18.0 Å². The molecule has 3 heterocycles. The number of nitrogens with two attached hydrogens (primary N) is 1. The molecule has 1 saturated carbocycles. The lowest BCUT2D eigenvalue weighted by molar-refractivity contribution is -0.141. The van der Waals surface area contributed by atoms with Gasteiger partial charge in [-0.1, -0.05) is 0 Å². The molecule has 1 aromatic carbocycles. The Morgan fingerprint density at radius 2 is 1.72 bits per heavy atom. The van der Waals surface area contributed by atoms with Gasteiger partial charge in [-0.3, -0.25) is 24.3 Å². The van der Waals surface area contributed by atoms with Crippen molar-refractivity contribution < 1.29 is 42.2 Å². The van der Waals surface area contributed by atoms with Crippen LogP contribution in [0, 0.1) is 29.3 Å². The first-order chi connectivity index (χ1) is 21.9. The number of aromatic nitrogens is 2. The van der Waals surface area contributed by atoms with Crippen LogP contribution in [0.15, 0.2) is 35.3 Å². The number of aromatic carboxylic acids is 1. The number of ether oxygens (including phenoxy) is 1. The number of rotatable bonds is 7. The van der Waals surface area contributed by atoms with Crippen LogP contribution < -0.4 is 21.4 Å². The normalized spacial score (nSPS) is 19.9. The largest absolute Gasteiger partial charge is 0.477 e. The number of imide groups is 1. The molecule has 1 saturated heterocycles.